The van der Waals surface area contributed by atoms with Crippen LogP contribution in [0.4, 0.5) is 0 Å². The van der Waals surface area contributed by atoms with Gasteiger partial charge in [0.2, 0.25) is 0 Å². The second-order valence-electron chi connectivity index (χ2n) is 10.1. The van der Waals surface area contributed by atoms with Crippen LogP contribution < -0.4 is 0 Å². The van der Waals surface area contributed by atoms with E-state index in [1.165, 1.54) is 13.3 Å². The first kappa shape index (κ1) is 18.9. The maximum atomic E-state index is 11.6. The zero-order valence-corrected chi connectivity index (χ0v) is 16.6. The van der Waals surface area contributed by atoms with Gasteiger partial charge in [-0.1, -0.05) is 33.3 Å². The van der Waals surface area contributed by atoms with E-state index >= 15 is 0 Å². The normalized spacial score (nSPS) is 49.6. The molecule has 3 fully saturated rings. The Morgan fingerprint density at radius 1 is 1.16 bits per heavy atom. The molecule has 0 aromatic rings. The zero-order chi connectivity index (χ0) is 18.5. The molecule has 3 nitrogen and oxygen atoms in total. The van der Waals surface area contributed by atoms with Gasteiger partial charge in [0.25, 0.3) is 0 Å². The van der Waals surface area contributed by atoms with Crippen LogP contribution >= 0.6 is 0 Å². The average molecular weight is 349 g/mol. The van der Waals surface area contributed by atoms with Gasteiger partial charge in [-0.3, -0.25) is 4.79 Å². The van der Waals surface area contributed by atoms with Crippen molar-refractivity contribution in [2.24, 2.45) is 28.1 Å². The molecule has 3 rings (SSSR count). The van der Waals surface area contributed by atoms with Crippen LogP contribution in [0.3, 0.4) is 0 Å². The van der Waals surface area contributed by atoms with Crippen molar-refractivity contribution in [1.29, 1.82) is 0 Å². The summed E-state index contributed by atoms with van der Waals surface area (Å²) >= 11 is 0. The van der Waals surface area contributed by atoms with Crippen molar-refractivity contribution in [3.05, 3.63) is 12.7 Å². The fraction of sp³-hybridized carbons (Fsp3) is 0.864. The quantitative estimate of drug-likeness (QED) is 0.584. The summed E-state index contributed by atoms with van der Waals surface area (Å²) in [5.74, 6) is 0.690. The van der Waals surface area contributed by atoms with Gasteiger partial charge in [0.05, 0.1) is 12.2 Å². The smallest absolute Gasteiger partial charge is 0.302 e. The number of hydrogen-bond acceptors (Lipinski definition) is 3. The lowest BCUT2D eigenvalue weighted by molar-refractivity contribution is -0.212. The molecule has 1 N–H and O–H groups in total. The molecule has 0 radical (unpaired) electrons. The Hall–Kier alpha value is -0.830. The van der Waals surface area contributed by atoms with E-state index in [1.807, 2.05) is 0 Å². The summed E-state index contributed by atoms with van der Waals surface area (Å²) in [4.78, 5) is 11.4. The number of hydrogen-bond donors (Lipinski definition) is 1. The van der Waals surface area contributed by atoms with Gasteiger partial charge >= 0.3 is 5.97 Å². The average Bonchev–Trinajstić information content (AvgIpc) is 2.52. The highest BCUT2D eigenvalue weighted by atomic mass is 16.5. The molecule has 25 heavy (non-hydrogen) atoms. The predicted molar refractivity (Wildman–Crippen MR) is 100 cm³/mol. The molecule has 0 unspecified atom stereocenters. The van der Waals surface area contributed by atoms with E-state index < -0.39 is 5.60 Å². The minimum atomic E-state index is -0.563. The number of allylic oxidation sites excluding steroid dienone is 1. The van der Waals surface area contributed by atoms with Crippen molar-refractivity contribution in [2.45, 2.75) is 84.7 Å². The van der Waals surface area contributed by atoms with E-state index in [1.54, 1.807) is 0 Å². The number of rotatable bonds is 3. The van der Waals surface area contributed by atoms with E-state index in [0.29, 0.717) is 18.4 Å². The molecule has 0 aliphatic heterocycles. The molecular formula is C22H36O3. The van der Waals surface area contributed by atoms with E-state index in [9.17, 15) is 9.90 Å². The van der Waals surface area contributed by atoms with Crippen molar-refractivity contribution in [3.8, 4) is 0 Å². The lowest BCUT2D eigenvalue weighted by Gasteiger charge is -2.64. The van der Waals surface area contributed by atoms with E-state index in [2.05, 4.69) is 33.4 Å². The van der Waals surface area contributed by atoms with Crippen LogP contribution in [0.2, 0.25) is 0 Å². The Morgan fingerprint density at radius 3 is 2.48 bits per heavy atom. The zero-order valence-electron chi connectivity index (χ0n) is 16.6. The highest BCUT2D eigenvalue weighted by Gasteiger charge is 2.62. The van der Waals surface area contributed by atoms with Crippen LogP contribution in [0.15, 0.2) is 12.7 Å². The van der Waals surface area contributed by atoms with Gasteiger partial charge in [0, 0.05) is 12.3 Å². The largest absolute Gasteiger partial charge is 0.465 e. The number of esters is 1. The molecule has 0 amide bonds. The van der Waals surface area contributed by atoms with Crippen molar-refractivity contribution in [1.82, 2.24) is 0 Å². The van der Waals surface area contributed by atoms with E-state index in [0.717, 1.165) is 44.9 Å². The van der Waals surface area contributed by atoms with Crippen LogP contribution in [-0.4, -0.2) is 23.3 Å². The molecule has 0 aromatic heterocycles. The lowest BCUT2D eigenvalue weighted by atomic mass is 9.42. The van der Waals surface area contributed by atoms with Gasteiger partial charge < -0.3 is 9.84 Å². The van der Waals surface area contributed by atoms with Gasteiger partial charge in [-0.05, 0) is 67.6 Å². The van der Waals surface area contributed by atoms with Crippen molar-refractivity contribution < 1.29 is 14.6 Å². The second-order valence-corrected chi connectivity index (χ2v) is 10.1. The standard InChI is InChI=1S/C22H36O3/c1-6-19(3)12-8-18-21(5)11-7-10-20(4,15-25-16(2)23)17(21)9-13-22(18,24)14-19/h6,17-18,24H,1,7-15H2,2-5H3/t17-,18+,19-,20-,21-,22-/m1/s1. The number of carbonyl (C=O) groups is 1. The second kappa shape index (κ2) is 6.11. The number of ether oxygens (including phenoxy) is 1. The maximum absolute atomic E-state index is 11.6. The SMILES string of the molecule is C=C[C@]1(C)CC[C@@H]2[C@@](O)(CC[C@@H]3[C@@](C)(COC(C)=O)CCC[C@]32C)C1. The minimum Gasteiger partial charge on any atom is -0.465 e. The highest BCUT2D eigenvalue weighted by Crippen LogP contribution is 2.66. The fourth-order valence-corrected chi connectivity index (χ4v) is 6.98. The molecule has 0 aromatic carbocycles. The molecule has 0 heterocycles. The van der Waals surface area contributed by atoms with Crippen LogP contribution in [0.25, 0.3) is 0 Å². The maximum Gasteiger partial charge on any atom is 0.302 e. The first-order valence-corrected chi connectivity index (χ1v) is 10.1. The van der Waals surface area contributed by atoms with Gasteiger partial charge in [-0.15, -0.1) is 6.58 Å². The van der Waals surface area contributed by atoms with Crippen molar-refractivity contribution in [2.75, 3.05) is 6.61 Å². The molecule has 6 atom stereocenters. The predicted octanol–water partition coefficient (Wildman–Crippen LogP) is 4.88. The molecule has 3 saturated carbocycles. The van der Waals surface area contributed by atoms with Gasteiger partial charge in [0.15, 0.2) is 0 Å². The molecule has 0 spiro atoms. The first-order chi connectivity index (χ1) is 11.6. The lowest BCUT2D eigenvalue weighted by Crippen LogP contribution is -2.62. The highest BCUT2D eigenvalue weighted by molar-refractivity contribution is 5.65. The Labute approximate surface area is 153 Å². The summed E-state index contributed by atoms with van der Waals surface area (Å²) < 4.78 is 5.48. The van der Waals surface area contributed by atoms with Crippen LogP contribution in [0.1, 0.15) is 79.1 Å². The van der Waals surface area contributed by atoms with E-state index in [-0.39, 0.29) is 22.2 Å². The summed E-state index contributed by atoms with van der Waals surface area (Å²) in [7, 11) is 0. The molecule has 0 bridgehead atoms. The number of fused-ring (bicyclic) bond motifs is 3. The Bertz CT molecular complexity index is 557. The van der Waals surface area contributed by atoms with Gasteiger partial charge in [-0.2, -0.15) is 0 Å². The Kier molecular flexibility index (Phi) is 4.63. The summed E-state index contributed by atoms with van der Waals surface area (Å²) in [5, 5.41) is 11.6. The number of aliphatic hydroxyl groups is 1. The summed E-state index contributed by atoms with van der Waals surface area (Å²) in [5.41, 5.74) is -0.321. The third-order valence-electron chi connectivity index (χ3n) is 8.22. The monoisotopic (exact) mass is 348 g/mol. The Balaban J connectivity index is 1.88. The Morgan fingerprint density at radius 2 is 1.84 bits per heavy atom. The van der Waals surface area contributed by atoms with Crippen LogP contribution in [-0.2, 0) is 9.53 Å². The van der Waals surface area contributed by atoms with Crippen LogP contribution in [0, 0.1) is 28.1 Å². The molecule has 3 heteroatoms. The van der Waals surface area contributed by atoms with Gasteiger partial charge in [-0.25, -0.2) is 0 Å². The third-order valence-corrected chi connectivity index (χ3v) is 8.22. The summed E-state index contributed by atoms with van der Waals surface area (Å²) in [6.45, 7) is 13.0. The topological polar surface area (TPSA) is 46.5 Å². The molecule has 142 valence electrons. The van der Waals surface area contributed by atoms with Gasteiger partial charge in [0.1, 0.15) is 0 Å². The van der Waals surface area contributed by atoms with Crippen molar-refractivity contribution >= 4 is 5.97 Å². The summed E-state index contributed by atoms with van der Waals surface area (Å²) in [6, 6.07) is 0. The molecular weight excluding hydrogens is 312 g/mol. The minimum absolute atomic E-state index is 0.0409. The van der Waals surface area contributed by atoms with Crippen LogP contribution in [0.5, 0.6) is 0 Å². The van der Waals surface area contributed by atoms with E-state index in [4.69, 9.17) is 4.74 Å². The third kappa shape index (κ3) is 3.07. The van der Waals surface area contributed by atoms with Crippen molar-refractivity contribution in [3.63, 3.8) is 0 Å². The molecule has 3 aliphatic carbocycles. The molecule has 0 saturated heterocycles. The summed E-state index contributed by atoms with van der Waals surface area (Å²) in [6.07, 6.45) is 10.5. The number of carbonyl (C=O) groups excluding carboxylic acids is 1. The fourth-order valence-electron chi connectivity index (χ4n) is 6.98. The first-order valence-electron chi connectivity index (χ1n) is 10.1. The molecule has 3 aliphatic rings.